The molecule has 4 N–H and O–H groups in total. The van der Waals surface area contributed by atoms with E-state index in [9.17, 15) is 24.3 Å². The largest absolute Gasteiger partial charge is 0.508 e. The molecule has 0 aromatic heterocycles. The normalized spacial score (nSPS) is 13.5. The van der Waals surface area contributed by atoms with Gasteiger partial charge >= 0.3 is 0 Å². The molecular formula is C28H36IN3O5. The average molecular weight is 622 g/mol. The van der Waals surface area contributed by atoms with Crippen LogP contribution in [0.25, 0.3) is 0 Å². The lowest BCUT2D eigenvalue weighted by Gasteiger charge is -2.26. The van der Waals surface area contributed by atoms with Crippen LogP contribution in [0.15, 0.2) is 48.5 Å². The summed E-state index contributed by atoms with van der Waals surface area (Å²) >= 11 is 2.20. The van der Waals surface area contributed by atoms with Gasteiger partial charge in [-0.05, 0) is 76.7 Å². The van der Waals surface area contributed by atoms with E-state index in [0.29, 0.717) is 12.7 Å². The molecule has 9 heteroatoms. The van der Waals surface area contributed by atoms with Crippen LogP contribution in [0.2, 0.25) is 0 Å². The van der Waals surface area contributed by atoms with Gasteiger partial charge in [0.25, 0.3) is 0 Å². The zero-order chi connectivity index (χ0) is 27.5. The van der Waals surface area contributed by atoms with E-state index in [4.69, 9.17) is 0 Å². The molecule has 3 atom stereocenters. The van der Waals surface area contributed by atoms with Crippen LogP contribution >= 0.6 is 22.6 Å². The third kappa shape index (κ3) is 10.5. The van der Waals surface area contributed by atoms with Crippen LogP contribution in [0, 0.1) is 15.4 Å². The predicted octanol–water partition coefficient (Wildman–Crippen LogP) is 3.14. The van der Waals surface area contributed by atoms with E-state index in [0.717, 1.165) is 14.7 Å². The molecule has 3 amide bonds. The van der Waals surface area contributed by atoms with Crippen LogP contribution in [-0.2, 0) is 32.0 Å². The molecule has 0 heterocycles. The fraction of sp³-hybridized carbons (Fsp3) is 0.429. The molecule has 0 aliphatic carbocycles. The van der Waals surface area contributed by atoms with Gasteiger partial charge in [0, 0.05) is 15.9 Å². The van der Waals surface area contributed by atoms with Gasteiger partial charge in [-0.25, -0.2) is 0 Å². The number of benzene rings is 2. The Morgan fingerprint density at radius 1 is 0.784 bits per heavy atom. The summed E-state index contributed by atoms with van der Waals surface area (Å²) in [5, 5.41) is 17.8. The van der Waals surface area contributed by atoms with Crippen molar-refractivity contribution in [1.29, 1.82) is 0 Å². The van der Waals surface area contributed by atoms with Crippen LogP contribution in [0.1, 0.15) is 45.2 Å². The minimum Gasteiger partial charge on any atom is -0.508 e. The second-order valence-electron chi connectivity index (χ2n) is 9.86. The lowest BCUT2D eigenvalue weighted by molar-refractivity contribution is -0.133. The highest BCUT2D eigenvalue weighted by molar-refractivity contribution is 14.1. The molecule has 2 aromatic carbocycles. The first-order chi connectivity index (χ1) is 17.5. The van der Waals surface area contributed by atoms with Crippen molar-refractivity contribution in [3.8, 4) is 5.75 Å². The number of aldehydes is 1. The van der Waals surface area contributed by atoms with Crippen molar-refractivity contribution >= 4 is 46.6 Å². The second kappa shape index (κ2) is 14.7. The third-order valence-electron chi connectivity index (χ3n) is 5.73. The number of halogens is 1. The van der Waals surface area contributed by atoms with Gasteiger partial charge in [0.2, 0.25) is 17.7 Å². The number of hydrogen-bond donors (Lipinski definition) is 4. The van der Waals surface area contributed by atoms with Crippen LogP contribution in [0.5, 0.6) is 5.75 Å². The van der Waals surface area contributed by atoms with Crippen LogP contribution in [0.4, 0.5) is 0 Å². The number of nitrogens with one attached hydrogen (secondary N) is 3. The molecule has 0 fully saturated rings. The van der Waals surface area contributed by atoms with Gasteiger partial charge in [-0.1, -0.05) is 52.0 Å². The Morgan fingerprint density at radius 3 is 1.84 bits per heavy atom. The maximum Gasteiger partial charge on any atom is 0.243 e. The smallest absolute Gasteiger partial charge is 0.243 e. The van der Waals surface area contributed by atoms with Gasteiger partial charge in [0.15, 0.2) is 0 Å². The quantitative estimate of drug-likeness (QED) is 0.202. The molecule has 8 nitrogen and oxygen atoms in total. The highest BCUT2D eigenvalue weighted by Gasteiger charge is 2.29. The zero-order valence-corrected chi connectivity index (χ0v) is 23.8. The topological polar surface area (TPSA) is 125 Å². The van der Waals surface area contributed by atoms with Crippen LogP contribution < -0.4 is 16.0 Å². The first-order valence-corrected chi connectivity index (χ1v) is 13.4. The van der Waals surface area contributed by atoms with E-state index in [1.165, 1.54) is 12.1 Å². The Balaban J connectivity index is 2.17. The number of amides is 3. The van der Waals surface area contributed by atoms with Crippen molar-refractivity contribution in [2.45, 2.75) is 65.1 Å². The molecule has 2 aromatic rings. The second-order valence-corrected chi connectivity index (χ2v) is 11.1. The first kappa shape index (κ1) is 30.3. The molecule has 200 valence electrons. The van der Waals surface area contributed by atoms with E-state index in [1.54, 1.807) is 26.0 Å². The van der Waals surface area contributed by atoms with Crippen LogP contribution in [0.3, 0.4) is 0 Å². The maximum atomic E-state index is 13.3. The molecular weight excluding hydrogens is 585 g/mol. The molecule has 0 saturated carbocycles. The summed E-state index contributed by atoms with van der Waals surface area (Å²) in [5.41, 5.74) is 1.65. The minimum absolute atomic E-state index is 0.0859. The number of rotatable bonds is 13. The van der Waals surface area contributed by atoms with E-state index in [2.05, 4.69) is 38.5 Å². The summed E-state index contributed by atoms with van der Waals surface area (Å²) in [5.74, 6) is -1.31. The molecule has 0 aliphatic rings. The van der Waals surface area contributed by atoms with Crippen molar-refractivity contribution in [3.05, 3.63) is 63.2 Å². The Labute approximate surface area is 232 Å². The summed E-state index contributed by atoms with van der Waals surface area (Å²) < 4.78 is 1.05. The summed E-state index contributed by atoms with van der Waals surface area (Å²) in [6, 6.07) is 11.5. The van der Waals surface area contributed by atoms with Gasteiger partial charge < -0.3 is 25.9 Å². The fourth-order valence-corrected chi connectivity index (χ4v) is 4.04. The Bertz CT molecular complexity index is 1050. The lowest BCUT2D eigenvalue weighted by Crippen LogP contribution is -2.56. The molecule has 0 spiro atoms. The van der Waals surface area contributed by atoms with Gasteiger partial charge in [-0.15, -0.1) is 0 Å². The molecule has 0 bridgehead atoms. The number of carbonyl (C=O) groups excluding carboxylic acids is 4. The Kier molecular flexibility index (Phi) is 12.0. The average Bonchev–Trinajstić information content (AvgIpc) is 2.84. The first-order valence-electron chi connectivity index (χ1n) is 12.4. The van der Waals surface area contributed by atoms with Crippen molar-refractivity contribution in [1.82, 2.24) is 16.0 Å². The highest BCUT2D eigenvalue weighted by atomic mass is 127. The van der Waals surface area contributed by atoms with Crippen molar-refractivity contribution in [3.63, 3.8) is 0 Å². The maximum absolute atomic E-state index is 13.3. The number of carbonyl (C=O) groups is 4. The Hall–Kier alpha value is -2.95. The summed E-state index contributed by atoms with van der Waals surface area (Å²) in [6.07, 6.45) is 1.53. The van der Waals surface area contributed by atoms with E-state index < -0.39 is 29.9 Å². The Morgan fingerprint density at radius 2 is 1.30 bits per heavy atom. The number of phenols is 1. The monoisotopic (exact) mass is 621 g/mol. The summed E-state index contributed by atoms with van der Waals surface area (Å²) in [7, 11) is 0. The summed E-state index contributed by atoms with van der Waals surface area (Å²) in [6.45, 7) is 7.36. The number of hydrogen-bond acceptors (Lipinski definition) is 5. The molecule has 0 aliphatic heterocycles. The van der Waals surface area contributed by atoms with Gasteiger partial charge in [0.05, 0.1) is 6.04 Å². The lowest BCUT2D eigenvalue weighted by atomic mass is 10.00. The highest BCUT2D eigenvalue weighted by Crippen LogP contribution is 2.13. The van der Waals surface area contributed by atoms with Crippen molar-refractivity contribution in [2.75, 3.05) is 0 Å². The van der Waals surface area contributed by atoms with Crippen molar-refractivity contribution in [2.24, 2.45) is 11.8 Å². The molecule has 3 unspecified atom stereocenters. The van der Waals surface area contributed by atoms with Crippen LogP contribution in [-0.4, -0.2) is 47.2 Å². The van der Waals surface area contributed by atoms with E-state index in [1.807, 2.05) is 38.1 Å². The molecule has 37 heavy (non-hydrogen) atoms. The van der Waals surface area contributed by atoms with Gasteiger partial charge in [0.1, 0.15) is 24.1 Å². The van der Waals surface area contributed by atoms with E-state index in [-0.39, 0.29) is 36.3 Å². The van der Waals surface area contributed by atoms with Gasteiger partial charge in [-0.3, -0.25) is 14.4 Å². The standard InChI is InChI=1S/C28H36IN3O5/c1-17(2)13-24(27(36)30-22(16-33)14-19-7-11-23(34)12-8-19)32-28(37)25(31-26(35)18(3)4)15-20-5-9-21(29)10-6-20/h5-12,16-18,22,24-25,34H,13-15H2,1-4H3,(H,30,36)(H,31,35)(H,32,37). The minimum atomic E-state index is -0.884. The third-order valence-corrected chi connectivity index (χ3v) is 6.45. The molecule has 2 rings (SSSR count). The summed E-state index contributed by atoms with van der Waals surface area (Å²) in [4.78, 5) is 50.7. The van der Waals surface area contributed by atoms with E-state index >= 15 is 0 Å². The van der Waals surface area contributed by atoms with Crippen molar-refractivity contribution < 1.29 is 24.3 Å². The fourth-order valence-electron chi connectivity index (χ4n) is 3.68. The number of aromatic hydroxyl groups is 1. The number of phenolic OH excluding ortho intramolecular Hbond substituents is 1. The molecule has 0 saturated heterocycles. The SMILES string of the molecule is CC(C)CC(NC(=O)C(Cc1ccc(I)cc1)NC(=O)C(C)C)C(=O)NC(C=O)Cc1ccc(O)cc1. The molecule has 0 radical (unpaired) electrons. The predicted molar refractivity (Wildman–Crippen MR) is 151 cm³/mol. The zero-order valence-electron chi connectivity index (χ0n) is 21.7. The van der Waals surface area contributed by atoms with Gasteiger partial charge in [-0.2, -0.15) is 0 Å².